The summed E-state index contributed by atoms with van der Waals surface area (Å²) in [4.78, 5) is 17.0. The molecule has 1 heterocycles. The van der Waals surface area contributed by atoms with E-state index in [1.54, 1.807) is 0 Å². The number of anilines is 1. The third-order valence-electron chi connectivity index (χ3n) is 4.31. The average molecular weight is 316 g/mol. The zero-order valence-electron chi connectivity index (χ0n) is 12.2. The van der Waals surface area contributed by atoms with Crippen LogP contribution in [0.2, 0.25) is 0 Å². The van der Waals surface area contributed by atoms with E-state index in [4.69, 9.17) is 0 Å². The van der Waals surface area contributed by atoms with Crippen molar-refractivity contribution >= 4 is 22.4 Å². The molecule has 3 aliphatic carbocycles. The Kier molecular flexibility index (Phi) is 2.58. The van der Waals surface area contributed by atoms with Crippen molar-refractivity contribution in [3.63, 3.8) is 0 Å². The standard InChI is InChI=1S/C19H12N2OS/c22-18(14-7-6-13-15-8-12(15)9-16(13)14)21-19-20-17(10-23-19)11-4-2-1-3-5-11/h1-7,9-10H,8H2,(H,20,21,22). The lowest BCUT2D eigenvalue weighted by atomic mass is 10.1. The van der Waals surface area contributed by atoms with Crippen LogP contribution in [0.15, 0.2) is 81.8 Å². The van der Waals surface area contributed by atoms with Crippen molar-refractivity contribution in [2.75, 3.05) is 5.32 Å². The molecule has 0 atom stereocenters. The normalized spacial score (nSPS) is 17.3. The minimum atomic E-state index is -0.0843. The molecule has 0 radical (unpaired) electrons. The van der Waals surface area contributed by atoms with E-state index >= 15 is 0 Å². The molecule has 0 saturated heterocycles. The van der Waals surface area contributed by atoms with Crippen molar-refractivity contribution in [3.8, 4) is 11.3 Å². The maximum atomic E-state index is 12.5. The van der Waals surface area contributed by atoms with Gasteiger partial charge in [0.2, 0.25) is 0 Å². The van der Waals surface area contributed by atoms with Gasteiger partial charge >= 0.3 is 0 Å². The first kappa shape index (κ1) is 12.8. The van der Waals surface area contributed by atoms with Gasteiger partial charge in [-0.1, -0.05) is 36.4 Å². The van der Waals surface area contributed by atoms with Crippen LogP contribution in [-0.2, 0) is 4.79 Å². The number of thiazole rings is 1. The number of hydrogen-bond donors (Lipinski definition) is 1. The number of rotatable bonds is 3. The first-order valence-electron chi connectivity index (χ1n) is 7.49. The topological polar surface area (TPSA) is 42.0 Å². The Morgan fingerprint density at radius 2 is 2.00 bits per heavy atom. The monoisotopic (exact) mass is 316 g/mol. The van der Waals surface area contributed by atoms with Crippen LogP contribution in [0, 0.1) is 0 Å². The van der Waals surface area contributed by atoms with E-state index in [2.05, 4.69) is 16.4 Å². The summed E-state index contributed by atoms with van der Waals surface area (Å²) in [6.07, 6.45) is 7.18. The molecule has 1 N–H and O–H groups in total. The van der Waals surface area contributed by atoms with E-state index in [1.165, 1.54) is 28.1 Å². The predicted molar refractivity (Wildman–Crippen MR) is 92.1 cm³/mol. The third-order valence-corrected chi connectivity index (χ3v) is 5.07. The van der Waals surface area contributed by atoms with Gasteiger partial charge in [0.15, 0.2) is 5.13 Å². The van der Waals surface area contributed by atoms with Crippen molar-refractivity contribution in [1.29, 1.82) is 0 Å². The number of nitrogens with one attached hydrogen (secondary N) is 1. The molecule has 23 heavy (non-hydrogen) atoms. The van der Waals surface area contributed by atoms with Crippen LogP contribution in [0.1, 0.15) is 6.42 Å². The first-order chi connectivity index (χ1) is 11.3. The minimum absolute atomic E-state index is 0.0843. The van der Waals surface area contributed by atoms with Crippen LogP contribution in [0.25, 0.3) is 11.3 Å². The number of carbonyl (C=O) groups excluding carboxylic acids is 1. The summed E-state index contributed by atoms with van der Waals surface area (Å²) in [5, 5.41) is 5.52. The van der Waals surface area contributed by atoms with Crippen molar-refractivity contribution in [2.24, 2.45) is 0 Å². The Morgan fingerprint density at radius 3 is 2.87 bits per heavy atom. The number of carbonyl (C=O) groups is 1. The number of aromatic nitrogens is 1. The molecule has 0 unspecified atom stereocenters. The maximum Gasteiger partial charge on any atom is 0.258 e. The molecule has 5 rings (SSSR count). The quantitative estimate of drug-likeness (QED) is 0.919. The Bertz CT molecular complexity index is 974. The molecule has 2 aromatic rings. The fourth-order valence-electron chi connectivity index (χ4n) is 3.07. The molecular weight excluding hydrogens is 304 g/mol. The molecule has 0 bridgehead atoms. The van der Waals surface area contributed by atoms with Gasteiger partial charge in [-0.2, -0.15) is 0 Å². The fourth-order valence-corrected chi connectivity index (χ4v) is 3.79. The van der Waals surface area contributed by atoms with E-state index in [9.17, 15) is 4.79 Å². The van der Waals surface area contributed by atoms with Gasteiger partial charge in [-0.15, -0.1) is 11.3 Å². The second kappa shape index (κ2) is 4.64. The van der Waals surface area contributed by atoms with Crippen LogP contribution in [0.5, 0.6) is 0 Å². The molecule has 1 aromatic carbocycles. The molecule has 1 amide bonds. The zero-order chi connectivity index (χ0) is 15.4. The summed E-state index contributed by atoms with van der Waals surface area (Å²) < 4.78 is 0. The molecule has 1 saturated carbocycles. The van der Waals surface area contributed by atoms with Gasteiger partial charge in [0.1, 0.15) is 0 Å². The molecule has 110 valence electrons. The number of benzene rings is 1. The van der Waals surface area contributed by atoms with Crippen LogP contribution in [0.3, 0.4) is 0 Å². The highest BCUT2D eigenvalue weighted by Crippen LogP contribution is 2.51. The highest BCUT2D eigenvalue weighted by molar-refractivity contribution is 7.14. The Morgan fingerprint density at radius 1 is 1.13 bits per heavy atom. The summed E-state index contributed by atoms with van der Waals surface area (Å²) in [6, 6.07) is 9.97. The first-order valence-corrected chi connectivity index (χ1v) is 8.37. The largest absolute Gasteiger partial charge is 0.298 e. The molecule has 1 aromatic heterocycles. The van der Waals surface area contributed by atoms with Gasteiger partial charge in [-0.25, -0.2) is 4.98 Å². The minimum Gasteiger partial charge on any atom is -0.298 e. The SMILES string of the molecule is O=C(Nc1nc(-c2ccccc2)cs1)C1=C2C=C3CC3=C2C=C1. The van der Waals surface area contributed by atoms with E-state index < -0.39 is 0 Å². The Hall–Kier alpha value is -2.72. The van der Waals surface area contributed by atoms with Crippen molar-refractivity contribution in [1.82, 2.24) is 4.98 Å². The molecule has 0 aliphatic heterocycles. The van der Waals surface area contributed by atoms with E-state index in [-0.39, 0.29) is 5.91 Å². The van der Waals surface area contributed by atoms with Gasteiger partial charge in [-0.05, 0) is 40.9 Å². The third kappa shape index (κ3) is 2.03. The van der Waals surface area contributed by atoms with Gasteiger partial charge in [0.25, 0.3) is 5.91 Å². The van der Waals surface area contributed by atoms with Crippen molar-refractivity contribution in [2.45, 2.75) is 6.42 Å². The van der Waals surface area contributed by atoms with Gasteiger partial charge < -0.3 is 0 Å². The summed E-state index contributed by atoms with van der Waals surface area (Å²) in [7, 11) is 0. The summed E-state index contributed by atoms with van der Waals surface area (Å²) in [6.45, 7) is 0. The second-order valence-corrected chi connectivity index (χ2v) is 6.62. The lowest BCUT2D eigenvalue weighted by Crippen LogP contribution is -2.13. The maximum absolute atomic E-state index is 12.5. The molecule has 4 heteroatoms. The second-order valence-electron chi connectivity index (χ2n) is 5.76. The van der Waals surface area contributed by atoms with Crippen molar-refractivity contribution < 1.29 is 4.79 Å². The molecular formula is C19H12N2OS. The highest BCUT2D eigenvalue weighted by Gasteiger charge is 2.35. The summed E-state index contributed by atoms with van der Waals surface area (Å²) in [5.41, 5.74) is 7.76. The van der Waals surface area contributed by atoms with Crippen LogP contribution in [0.4, 0.5) is 5.13 Å². The number of allylic oxidation sites excluding steroid dienone is 6. The number of hydrogen-bond acceptors (Lipinski definition) is 3. The lowest BCUT2D eigenvalue weighted by Gasteiger charge is -2.03. The molecule has 1 fully saturated rings. The van der Waals surface area contributed by atoms with Crippen LogP contribution < -0.4 is 5.32 Å². The van der Waals surface area contributed by atoms with E-state index in [0.717, 1.165) is 28.8 Å². The number of amides is 1. The van der Waals surface area contributed by atoms with Crippen molar-refractivity contribution in [3.05, 3.63) is 81.8 Å². The average Bonchev–Trinajstić information content (AvgIpc) is 2.94. The predicted octanol–water partition coefficient (Wildman–Crippen LogP) is 4.26. The molecule has 3 nitrogen and oxygen atoms in total. The zero-order valence-corrected chi connectivity index (χ0v) is 13.0. The molecule has 0 spiro atoms. The lowest BCUT2D eigenvalue weighted by molar-refractivity contribution is -0.112. The fraction of sp³-hybridized carbons (Fsp3) is 0.0526. The Balaban J connectivity index is 1.39. The molecule has 3 aliphatic rings. The summed E-state index contributed by atoms with van der Waals surface area (Å²) in [5.74, 6) is -0.0843. The smallest absolute Gasteiger partial charge is 0.258 e. The van der Waals surface area contributed by atoms with E-state index in [1.807, 2.05) is 47.9 Å². The van der Waals surface area contributed by atoms with E-state index in [0.29, 0.717) is 5.13 Å². The highest BCUT2D eigenvalue weighted by atomic mass is 32.1. The van der Waals surface area contributed by atoms with Gasteiger partial charge in [0.05, 0.1) is 5.69 Å². The van der Waals surface area contributed by atoms with Crippen LogP contribution in [-0.4, -0.2) is 10.9 Å². The van der Waals surface area contributed by atoms with Crippen LogP contribution >= 0.6 is 11.3 Å². The summed E-state index contributed by atoms with van der Waals surface area (Å²) >= 11 is 1.45. The Labute approximate surface area is 137 Å². The van der Waals surface area contributed by atoms with Gasteiger partial charge in [0, 0.05) is 16.5 Å². The number of fused-ring (bicyclic) bond motifs is 2. The van der Waals surface area contributed by atoms with Gasteiger partial charge in [-0.3, -0.25) is 10.1 Å². The number of nitrogens with zero attached hydrogens (tertiary/aromatic N) is 1.